The molecule has 2 aromatic heterocycles. The molecule has 1 aliphatic carbocycles. The summed E-state index contributed by atoms with van der Waals surface area (Å²) in [5.41, 5.74) is 8.23. The monoisotopic (exact) mass is 449 g/mol. The van der Waals surface area contributed by atoms with Crippen LogP contribution in [0.25, 0.3) is 50.4 Å². The molecule has 0 spiro atoms. The van der Waals surface area contributed by atoms with Crippen LogP contribution < -0.4 is 0 Å². The molecule has 0 aliphatic heterocycles. The van der Waals surface area contributed by atoms with Gasteiger partial charge in [-0.2, -0.15) is 5.10 Å². The molecule has 0 bridgehead atoms. The number of rotatable bonds is 3. The molecule has 0 saturated heterocycles. The smallest absolute Gasteiger partial charge is 0.196 e. The molecule has 35 heavy (non-hydrogen) atoms. The first-order chi connectivity index (χ1) is 17.3. The number of carbonyl (C=O) groups is 1. The van der Waals surface area contributed by atoms with Crippen molar-refractivity contribution in [1.82, 2.24) is 14.8 Å². The van der Waals surface area contributed by atoms with E-state index in [1.165, 1.54) is 0 Å². The van der Waals surface area contributed by atoms with Gasteiger partial charge in [-0.25, -0.2) is 9.67 Å². The zero-order valence-corrected chi connectivity index (χ0v) is 18.7. The van der Waals surface area contributed by atoms with Crippen LogP contribution in [0, 0.1) is 0 Å². The summed E-state index contributed by atoms with van der Waals surface area (Å²) in [6.45, 7) is 0. The number of aromatic nitrogens is 3. The SMILES string of the molecule is O=C1c2ccccc2-c2nc3c(c(-c4ccccc4)nn3-c3ccccc3)c(-c3ccccc3)c21. The number of para-hydroxylation sites is 1. The Bertz CT molecular complexity index is 1740. The van der Waals surface area contributed by atoms with Crippen molar-refractivity contribution in [3.8, 4) is 39.3 Å². The molecule has 0 atom stereocenters. The molecule has 6 aromatic rings. The minimum Gasteiger partial charge on any atom is -0.288 e. The van der Waals surface area contributed by atoms with Gasteiger partial charge in [0.1, 0.15) is 5.69 Å². The highest BCUT2D eigenvalue weighted by Crippen LogP contribution is 2.46. The van der Waals surface area contributed by atoms with Crippen LogP contribution in [0.2, 0.25) is 0 Å². The molecule has 4 aromatic carbocycles. The van der Waals surface area contributed by atoms with Crippen LogP contribution in [-0.2, 0) is 0 Å². The van der Waals surface area contributed by atoms with Crippen LogP contribution in [0.5, 0.6) is 0 Å². The number of nitrogens with zero attached hydrogens (tertiary/aromatic N) is 3. The average molecular weight is 450 g/mol. The Morgan fingerprint density at radius 1 is 0.543 bits per heavy atom. The predicted octanol–water partition coefficient (Wildman–Crippen LogP) is 6.97. The topological polar surface area (TPSA) is 47.8 Å². The standard InChI is InChI=1S/C31H19N3O/c35-30-24-19-11-10-18-23(24)29-26(30)25(20-12-4-1-5-13-20)27-28(21-14-6-2-7-15-21)33-34(31(27)32-29)22-16-8-3-9-17-22/h1-19H. The average Bonchev–Trinajstić information content (AvgIpc) is 3.45. The summed E-state index contributed by atoms with van der Waals surface area (Å²) in [7, 11) is 0. The van der Waals surface area contributed by atoms with Gasteiger partial charge in [0.25, 0.3) is 0 Å². The van der Waals surface area contributed by atoms with Gasteiger partial charge in [-0.05, 0) is 17.7 Å². The van der Waals surface area contributed by atoms with E-state index in [0.717, 1.165) is 44.7 Å². The van der Waals surface area contributed by atoms with Crippen molar-refractivity contribution >= 4 is 16.8 Å². The normalized spacial score (nSPS) is 12.1. The molecule has 0 N–H and O–H groups in total. The number of pyridine rings is 1. The molecule has 164 valence electrons. The second-order valence-corrected chi connectivity index (χ2v) is 8.61. The molecular formula is C31H19N3O. The third-order valence-corrected chi connectivity index (χ3v) is 6.58. The first-order valence-electron chi connectivity index (χ1n) is 11.6. The Morgan fingerprint density at radius 3 is 1.80 bits per heavy atom. The van der Waals surface area contributed by atoms with E-state index in [2.05, 4.69) is 24.3 Å². The predicted molar refractivity (Wildman–Crippen MR) is 139 cm³/mol. The van der Waals surface area contributed by atoms with Crippen LogP contribution in [-0.4, -0.2) is 20.5 Å². The molecular weight excluding hydrogens is 430 g/mol. The van der Waals surface area contributed by atoms with Crippen molar-refractivity contribution < 1.29 is 4.79 Å². The van der Waals surface area contributed by atoms with Gasteiger partial charge in [-0.15, -0.1) is 0 Å². The minimum absolute atomic E-state index is 0.00956. The van der Waals surface area contributed by atoms with Crippen LogP contribution in [0.15, 0.2) is 115 Å². The fourth-order valence-corrected chi connectivity index (χ4v) is 5.03. The van der Waals surface area contributed by atoms with E-state index in [-0.39, 0.29) is 5.78 Å². The molecule has 4 heteroatoms. The maximum atomic E-state index is 13.8. The Balaban J connectivity index is 1.69. The van der Waals surface area contributed by atoms with Gasteiger partial charge in [0.2, 0.25) is 0 Å². The first-order valence-corrected chi connectivity index (χ1v) is 11.6. The summed E-state index contributed by atoms with van der Waals surface area (Å²) in [6.07, 6.45) is 0. The van der Waals surface area contributed by atoms with Gasteiger partial charge in [-0.3, -0.25) is 4.79 Å². The number of hydrogen-bond acceptors (Lipinski definition) is 3. The minimum atomic E-state index is 0.00956. The van der Waals surface area contributed by atoms with E-state index in [4.69, 9.17) is 10.1 Å². The fourth-order valence-electron chi connectivity index (χ4n) is 5.03. The van der Waals surface area contributed by atoms with Crippen LogP contribution in [0.4, 0.5) is 0 Å². The number of ketones is 1. The van der Waals surface area contributed by atoms with E-state index in [9.17, 15) is 4.79 Å². The number of benzene rings is 4. The Labute approximate surface area is 202 Å². The zero-order valence-electron chi connectivity index (χ0n) is 18.7. The summed E-state index contributed by atoms with van der Waals surface area (Å²) >= 11 is 0. The van der Waals surface area contributed by atoms with E-state index in [1.54, 1.807) is 0 Å². The number of hydrogen-bond donors (Lipinski definition) is 0. The molecule has 0 amide bonds. The second-order valence-electron chi connectivity index (χ2n) is 8.61. The lowest BCUT2D eigenvalue weighted by molar-refractivity contribution is 0.104. The molecule has 7 rings (SSSR count). The number of carbonyl (C=O) groups excluding carboxylic acids is 1. The van der Waals surface area contributed by atoms with Gasteiger partial charge in [-0.1, -0.05) is 103 Å². The highest BCUT2D eigenvalue weighted by molar-refractivity contribution is 6.27. The van der Waals surface area contributed by atoms with E-state index in [0.29, 0.717) is 16.8 Å². The largest absolute Gasteiger partial charge is 0.288 e. The molecule has 0 fully saturated rings. The van der Waals surface area contributed by atoms with Crippen molar-refractivity contribution in [3.05, 3.63) is 126 Å². The Hall–Kier alpha value is -4.83. The van der Waals surface area contributed by atoms with Gasteiger partial charge < -0.3 is 0 Å². The van der Waals surface area contributed by atoms with Gasteiger partial charge in [0.15, 0.2) is 11.4 Å². The molecule has 0 unspecified atom stereocenters. The lowest BCUT2D eigenvalue weighted by Gasteiger charge is -2.12. The maximum absolute atomic E-state index is 13.8. The van der Waals surface area contributed by atoms with Gasteiger partial charge in [0, 0.05) is 22.3 Å². The van der Waals surface area contributed by atoms with Gasteiger partial charge in [0.05, 0.1) is 22.3 Å². The second kappa shape index (κ2) is 7.61. The molecule has 2 heterocycles. The van der Waals surface area contributed by atoms with Gasteiger partial charge >= 0.3 is 0 Å². The van der Waals surface area contributed by atoms with Crippen molar-refractivity contribution in [1.29, 1.82) is 0 Å². The highest BCUT2D eigenvalue weighted by atomic mass is 16.1. The summed E-state index contributed by atoms with van der Waals surface area (Å²) in [5, 5.41) is 5.96. The summed E-state index contributed by atoms with van der Waals surface area (Å²) in [5.74, 6) is 0.00956. The van der Waals surface area contributed by atoms with Crippen LogP contribution in [0.1, 0.15) is 15.9 Å². The van der Waals surface area contributed by atoms with Crippen molar-refractivity contribution in [2.75, 3.05) is 0 Å². The third kappa shape index (κ3) is 2.90. The van der Waals surface area contributed by atoms with Crippen molar-refractivity contribution in [3.63, 3.8) is 0 Å². The lowest BCUT2D eigenvalue weighted by atomic mass is 9.93. The van der Waals surface area contributed by atoms with E-state index >= 15 is 0 Å². The quantitative estimate of drug-likeness (QED) is 0.293. The van der Waals surface area contributed by atoms with Crippen LogP contribution in [0.3, 0.4) is 0 Å². The summed E-state index contributed by atoms with van der Waals surface area (Å²) in [4.78, 5) is 18.9. The fraction of sp³-hybridized carbons (Fsp3) is 0. The zero-order chi connectivity index (χ0) is 23.4. The van der Waals surface area contributed by atoms with E-state index < -0.39 is 0 Å². The van der Waals surface area contributed by atoms with E-state index in [1.807, 2.05) is 95.7 Å². The Kier molecular flexibility index (Phi) is 4.26. The molecule has 0 radical (unpaired) electrons. The lowest BCUT2D eigenvalue weighted by Crippen LogP contribution is -2.02. The first kappa shape index (κ1) is 19.6. The molecule has 1 aliphatic rings. The van der Waals surface area contributed by atoms with Crippen molar-refractivity contribution in [2.24, 2.45) is 0 Å². The molecule has 4 nitrogen and oxygen atoms in total. The summed E-state index contributed by atoms with van der Waals surface area (Å²) < 4.78 is 1.90. The Morgan fingerprint density at radius 2 is 1.11 bits per heavy atom. The highest BCUT2D eigenvalue weighted by Gasteiger charge is 2.34. The number of fused-ring (bicyclic) bond motifs is 4. The van der Waals surface area contributed by atoms with Crippen molar-refractivity contribution in [2.45, 2.75) is 0 Å². The maximum Gasteiger partial charge on any atom is 0.196 e. The van der Waals surface area contributed by atoms with Crippen LogP contribution >= 0.6 is 0 Å². The summed E-state index contributed by atoms with van der Waals surface area (Å²) in [6, 6.07) is 38.0. The third-order valence-electron chi connectivity index (χ3n) is 6.58. The molecule has 0 saturated carbocycles.